The van der Waals surface area contributed by atoms with Crippen LogP contribution >= 0.6 is 0 Å². The number of nitrogens with one attached hydrogen (secondary N) is 4. The maximum atomic E-state index is 12.2. The number of carbonyl (C=O) groups is 3. The van der Waals surface area contributed by atoms with E-state index in [4.69, 9.17) is 4.74 Å². The SMILES string of the molecule is CNC(=O)NC(=O)[C@H](C)[NH+](C)CC(=O)Nc1ccc(N2CCOCC2)cc1. The highest BCUT2D eigenvalue weighted by Gasteiger charge is 2.25. The molecule has 2 rings (SSSR count). The number of quaternary nitrogens is 1. The molecular formula is C18H28N5O4+. The third kappa shape index (κ3) is 6.22. The van der Waals surface area contributed by atoms with E-state index in [0.717, 1.165) is 32.0 Å². The lowest BCUT2D eigenvalue weighted by Crippen LogP contribution is -3.15. The zero-order valence-corrected chi connectivity index (χ0v) is 16.0. The molecular weight excluding hydrogens is 350 g/mol. The van der Waals surface area contributed by atoms with Crippen LogP contribution in [-0.4, -0.2) is 70.8 Å². The van der Waals surface area contributed by atoms with E-state index in [-0.39, 0.29) is 12.5 Å². The van der Waals surface area contributed by atoms with Gasteiger partial charge in [0.2, 0.25) is 0 Å². The second-order valence-electron chi connectivity index (χ2n) is 6.51. The van der Waals surface area contributed by atoms with E-state index in [0.29, 0.717) is 10.6 Å². The summed E-state index contributed by atoms with van der Waals surface area (Å²) in [6.45, 7) is 4.93. The molecule has 1 unspecified atom stereocenters. The van der Waals surface area contributed by atoms with Gasteiger partial charge in [-0.1, -0.05) is 0 Å². The van der Waals surface area contributed by atoms with Crippen molar-refractivity contribution in [2.45, 2.75) is 13.0 Å². The largest absolute Gasteiger partial charge is 0.378 e. The molecule has 4 N–H and O–H groups in total. The van der Waals surface area contributed by atoms with Crippen LogP contribution < -0.4 is 25.8 Å². The number of nitrogens with zero attached hydrogens (tertiary/aromatic N) is 1. The maximum absolute atomic E-state index is 12.2. The minimum atomic E-state index is -0.565. The Balaban J connectivity index is 1.83. The number of likely N-dealkylation sites (N-methyl/N-ethyl adjacent to an activating group) is 1. The van der Waals surface area contributed by atoms with Gasteiger partial charge in [-0.3, -0.25) is 14.9 Å². The summed E-state index contributed by atoms with van der Waals surface area (Å²) in [6.07, 6.45) is 0. The van der Waals surface area contributed by atoms with Crippen molar-refractivity contribution in [2.24, 2.45) is 0 Å². The number of imide groups is 1. The Bertz CT molecular complexity index is 658. The average molecular weight is 378 g/mol. The molecule has 1 aliphatic rings. The number of carbonyl (C=O) groups excluding carboxylic acids is 3. The minimum Gasteiger partial charge on any atom is -0.378 e. The van der Waals surface area contributed by atoms with E-state index < -0.39 is 18.0 Å². The summed E-state index contributed by atoms with van der Waals surface area (Å²) < 4.78 is 5.35. The Hall–Kier alpha value is -2.65. The number of anilines is 2. The summed E-state index contributed by atoms with van der Waals surface area (Å²) in [5.41, 5.74) is 1.80. The zero-order valence-electron chi connectivity index (χ0n) is 16.0. The van der Waals surface area contributed by atoms with Crippen LogP contribution in [0.2, 0.25) is 0 Å². The third-order valence-electron chi connectivity index (χ3n) is 4.56. The van der Waals surface area contributed by atoms with Gasteiger partial charge in [0.1, 0.15) is 0 Å². The molecule has 9 nitrogen and oxygen atoms in total. The molecule has 27 heavy (non-hydrogen) atoms. The van der Waals surface area contributed by atoms with Gasteiger partial charge in [0, 0.05) is 31.5 Å². The molecule has 0 radical (unpaired) electrons. The number of urea groups is 1. The molecule has 1 aromatic rings. The van der Waals surface area contributed by atoms with Crippen LogP contribution in [-0.2, 0) is 14.3 Å². The third-order valence-corrected chi connectivity index (χ3v) is 4.56. The van der Waals surface area contributed by atoms with Gasteiger partial charge >= 0.3 is 6.03 Å². The molecule has 0 saturated carbocycles. The zero-order chi connectivity index (χ0) is 19.8. The smallest absolute Gasteiger partial charge is 0.321 e. The summed E-state index contributed by atoms with van der Waals surface area (Å²) in [4.78, 5) is 38.3. The Labute approximate surface area is 159 Å². The van der Waals surface area contributed by atoms with Crippen molar-refractivity contribution in [2.75, 3.05) is 57.2 Å². The van der Waals surface area contributed by atoms with Gasteiger partial charge in [-0.2, -0.15) is 0 Å². The lowest BCUT2D eigenvalue weighted by molar-refractivity contribution is -0.885. The van der Waals surface area contributed by atoms with Crippen molar-refractivity contribution in [3.63, 3.8) is 0 Å². The fourth-order valence-corrected chi connectivity index (χ4v) is 2.70. The van der Waals surface area contributed by atoms with Crippen molar-refractivity contribution in [3.8, 4) is 0 Å². The first kappa shape index (κ1) is 20.7. The normalized spacial score (nSPS) is 16.2. The summed E-state index contributed by atoms with van der Waals surface area (Å²) in [6, 6.07) is 6.55. The lowest BCUT2D eigenvalue weighted by atomic mass is 10.2. The molecule has 2 atom stereocenters. The highest BCUT2D eigenvalue weighted by molar-refractivity contribution is 5.96. The second-order valence-corrected chi connectivity index (χ2v) is 6.51. The molecule has 1 saturated heterocycles. The van der Waals surface area contributed by atoms with Gasteiger partial charge in [0.05, 0.1) is 20.3 Å². The molecule has 1 aromatic carbocycles. The lowest BCUT2D eigenvalue weighted by Gasteiger charge is -2.28. The number of rotatable bonds is 6. The molecule has 0 spiro atoms. The topological polar surface area (TPSA) is 104 Å². The van der Waals surface area contributed by atoms with E-state index >= 15 is 0 Å². The fraction of sp³-hybridized carbons (Fsp3) is 0.500. The number of benzene rings is 1. The first-order valence-corrected chi connectivity index (χ1v) is 8.98. The number of hydrogen-bond acceptors (Lipinski definition) is 5. The van der Waals surface area contributed by atoms with Crippen LogP contribution in [0.25, 0.3) is 0 Å². The number of ether oxygens (including phenoxy) is 1. The quantitative estimate of drug-likeness (QED) is 0.499. The van der Waals surface area contributed by atoms with Crippen molar-refractivity contribution in [3.05, 3.63) is 24.3 Å². The monoisotopic (exact) mass is 378 g/mol. The molecule has 0 aliphatic carbocycles. The minimum absolute atomic E-state index is 0.105. The van der Waals surface area contributed by atoms with Gasteiger partial charge in [-0.25, -0.2) is 4.79 Å². The van der Waals surface area contributed by atoms with Gasteiger partial charge in [0.25, 0.3) is 11.8 Å². The molecule has 148 valence electrons. The molecule has 0 bridgehead atoms. The van der Waals surface area contributed by atoms with Gasteiger partial charge in [-0.05, 0) is 31.2 Å². The van der Waals surface area contributed by atoms with E-state index in [1.54, 1.807) is 14.0 Å². The van der Waals surface area contributed by atoms with Gasteiger partial charge in [0.15, 0.2) is 12.6 Å². The number of morpholine rings is 1. The summed E-state index contributed by atoms with van der Waals surface area (Å²) >= 11 is 0. The van der Waals surface area contributed by atoms with Crippen molar-refractivity contribution >= 4 is 29.2 Å². The standard InChI is InChI=1S/C18H27N5O4/c1-13(17(25)21-18(26)19-2)22(3)12-16(24)20-14-4-6-15(7-5-14)23-8-10-27-11-9-23/h4-7,13H,8-12H2,1-3H3,(H,20,24)(H2,19,21,25,26)/p+1/t13-/m0/s1. The van der Waals surface area contributed by atoms with Gasteiger partial charge in [-0.15, -0.1) is 0 Å². The maximum Gasteiger partial charge on any atom is 0.321 e. The summed E-state index contributed by atoms with van der Waals surface area (Å²) in [7, 11) is 3.16. The Kier molecular flexibility index (Phi) is 7.56. The summed E-state index contributed by atoms with van der Waals surface area (Å²) in [5, 5.41) is 7.37. The van der Waals surface area contributed by atoms with Crippen molar-refractivity contribution in [1.82, 2.24) is 10.6 Å². The Morgan fingerprint density at radius 3 is 2.41 bits per heavy atom. The van der Waals surface area contributed by atoms with E-state index in [2.05, 4.69) is 20.9 Å². The van der Waals surface area contributed by atoms with Gasteiger partial charge < -0.3 is 25.2 Å². The molecule has 0 aromatic heterocycles. The van der Waals surface area contributed by atoms with Crippen molar-refractivity contribution < 1.29 is 24.0 Å². The molecule has 1 heterocycles. The molecule has 1 aliphatic heterocycles. The number of amides is 4. The van der Waals surface area contributed by atoms with Crippen LogP contribution in [0, 0.1) is 0 Å². The molecule has 1 fully saturated rings. The Morgan fingerprint density at radius 2 is 1.81 bits per heavy atom. The van der Waals surface area contributed by atoms with Crippen LogP contribution in [0.4, 0.5) is 16.2 Å². The van der Waals surface area contributed by atoms with Crippen LogP contribution in [0.3, 0.4) is 0 Å². The first-order chi connectivity index (χ1) is 12.9. The van der Waals surface area contributed by atoms with Crippen molar-refractivity contribution in [1.29, 1.82) is 0 Å². The van der Waals surface area contributed by atoms with Crippen LogP contribution in [0.1, 0.15) is 6.92 Å². The van der Waals surface area contributed by atoms with Crippen LogP contribution in [0.5, 0.6) is 0 Å². The highest BCUT2D eigenvalue weighted by Crippen LogP contribution is 2.18. The fourth-order valence-electron chi connectivity index (χ4n) is 2.70. The van der Waals surface area contributed by atoms with E-state index in [9.17, 15) is 14.4 Å². The highest BCUT2D eigenvalue weighted by atomic mass is 16.5. The molecule has 4 amide bonds. The predicted octanol–water partition coefficient (Wildman–Crippen LogP) is -1.18. The predicted molar refractivity (Wildman–Crippen MR) is 102 cm³/mol. The summed E-state index contributed by atoms with van der Waals surface area (Å²) in [5.74, 6) is -0.638. The Morgan fingerprint density at radius 1 is 1.19 bits per heavy atom. The van der Waals surface area contributed by atoms with Crippen LogP contribution in [0.15, 0.2) is 24.3 Å². The van der Waals surface area contributed by atoms with E-state index in [1.165, 1.54) is 7.05 Å². The first-order valence-electron chi connectivity index (χ1n) is 8.98. The molecule has 9 heteroatoms. The van der Waals surface area contributed by atoms with E-state index in [1.807, 2.05) is 24.3 Å². The number of hydrogen-bond donors (Lipinski definition) is 4. The second kappa shape index (κ2) is 9.89. The average Bonchev–Trinajstić information content (AvgIpc) is 2.68.